The molecule has 21 heavy (non-hydrogen) atoms. The number of hydrogen-bond donors (Lipinski definition) is 1. The molecular formula is C15H12ClF2NO2. The standard InChI is InChI=1S/C15H12ClF2NO2/c1-15(17,18)12-9-10(7-8-13(12)16)19-14(20)21-11-5-3-2-4-6-11/h2-9H,1H3,(H,19,20). The first-order valence-electron chi connectivity index (χ1n) is 6.08. The zero-order valence-corrected chi connectivity index (χ0v) is 11.8. The number of para-hydroxylation sites is 1. The second-order valence-electron chi connectivity index (χ2n) is 4.41. The van der Waals surface area contributed by atoms with Crippen molar-refractivity contribution in [3.8, 4) is 5.75 Å². The van der Waals surface area contributed by atoms with Gasteiger partial charge in [-0.15, -0.1) is 0 Å². The molecule has 0 aliphatic rings. The number of alkyl halides is 2. The first-order valence-corrected chi connectivity index (χ1v) is 6.46. The summed E-state index contributed by atoms with van der Waals surface area (Å²) in [5, 5.41) is 2.31. The van der Waals surface area contributed by atoms with Crippen LogP contribution in [0.25, 0.3) is 0 Å². The van der Waals surface area contributed by atoms with Crippen molar-refractivity contribution >= 4 is 23.4 Å². The number of hydrogen-bond acceptors (Lipinski definition) is 2. The lowest BCUT2D eigenvalue weighted by molar-refractivity contribution is 0.0176. The summed E-state index contributed by atoms with van der Waals surface area (Å²) in [6.07, 6.45) is -0.770. The number of amides is 1. The van der Waals surface area contributed by atoms with Crippen molar-refractivity contribution in [2.45, 2.75) is 12.8 Å². The van der Waals surface area contributed by atoms with E-state index in [9.17, 15) is 13.6 Å². The van der Waals surface area contributed by atoms with E-state index in [2.05, 4.69) is 5.32 Å². The summed E-state index contributed by atoms with van der Waals surface area (Å²) < 4.78 is 31.7. The Balaban J connectivity index is 2.11. The molecule has 2 rings (SSSR count). The molecule has 3 nitrogen and oxygen atoms in total. The Morgan fingerprint density at radius 2 is 1.86 bits per heavy atom. The van der Waals surface area contributed by atoms with E-state index in [-0.39, 0.29) is 16.3 Å². The molecule has 1 amide bonds. The summed E-state index contributed by atoms with van der Waals surface area (Å²) in [6, 6.07) is 12.2. The third-order valence-corrected chi connectivity index (χ3v) is 2.97. The van der Waals surface area contributed by atoms with E-state index in [1.165, 1.54) is 12.1 Å². The van der Waals surface area contributed by atoms with Crippen LogP contribution in [0.5, 0.6) is 5.75 Å². The number of nitrogens with one attached hydrogen (secondary N) is 1. The second-order valence-corrected chi connectivity index (χ2v) is 4.82. The average Bonchev–Trinajstić information content (AvgIpc) is 2.41. The zero-order valence-electron chi connectivity index (χ0n) is 11.1. The minimum absolute atomic E-state index is 0.0653. The van der Waals surface area contributed by atoms with E-state index in [1.54, 1.807) is 30.3 Å². The average molecular weight is 312 g/mol. The lowest BCUT2D eigenvalue weighted by atomic mass is 10.1. The van der Waals surface area contributed by atoms with Gasteiger partial charge in [0.05, 0.1) is 0 Å². The largest absolute Gasteiger partial charge is 0.417 e. The molecule has 0 aliphatic carbocycles. The van der Waals surface area contributed by atoms with E-state index in [0.29, 0.717) is 5.75 Å². The van der Waals surface area contributed by atoms with Gasteiger partial charge in [-0.05, 0) is 30.3 Å². The highest BCUT2D eigenvalue weighted by atomic mass is 35.5. The predicted octanol–water partition coefficient (Wildman–Crippen LogP) is 5.06. The highest BCUT2D eigenvalue weighted by Crippen LogP contribution is 2.34. The van der Waals surface area contributed by atoms with Crippen molar-refractivity contribution in [1.29, 1.82) is 0 Å². The Kier molecular flexibility index (Phi) is 4.43. The molecule has 110 valence electrons. The molecule has 2 aromatic carbocycles. The van der Waals surface area contributed by atoms with Gasteiger partial charge in [0.15, 0.2) is 0 Å². The van der Waals surface area contributed by atoms with E-state index in [1.807, 2.05) is 0 Å². The number of rotatable bonds is 3. The molecule has 0 saturated carbocycles. The number of halogens is 3. The van der Waals surface area contributed by atoms with Crippen LogP contribution in [-0.4, -0.2) is 6.09 Å². The molecule has 6 heteroatoms. The Hall–Kier alpha value is -2.14. The highest BCUT2D eigenvalue weighted by molar-refractivity contribution is 6.31. The predicted molar refractivity (Wildman–Crippen MR) is 77.1 cm³/mol. The normalized spacial score (nSPS) is 11.0. The van der Waals surface area contributed by atoms with Crippen LogP contribution in [-0.2, 0) is 5.92 Å². The second kappa shape index (κ2) is 6.10. The van der Waals surface area contributed by atoms with Crippen molar-refractivity contribution in [2.24, 2.45) is 0 Å². The van der Waals surface area contributed by atoms with Crippen molar-refractivity contribution in [3.63, 3.8) is 0 Å². The molecule has 0 atom stereocenters. The lowest BCUT2D eigenvalue weighted by Gasteiger charge is -2.14. The highest BCUT2D eigenvalue weighted by Gasteiger charge is 2.27. The van der Waals surface area contributed by atoms with E-state index >= 15 is 0 Å². The van der Waals surface area contributed by atoms with Crippen molar-refractivity contribution in [1.82, 2.24) is 0 Å². The molecule has 0 bridgehead atoms. The van der Waals surface area contributed by atoms with Crippen LogP contribution in [0.15, 0.2) is 48.5 Å². The first kappa shape index (κ1) is 15.3. The van der Waals surface area contributed by atoms with E-state index in [4.69, 9.17) is 16.3 Å². The number of anilines is 1. The van der Waals surface area contributed by atoms with Crippen LogP contribution < -0.4 is 10.1 Å². The molecule has 1 N–H and O–H groups in total. The molecule has 0 spiro atoms. The molecule has 0 saturated heterocycles. The van der Waals surface area contributed by atoms with Gasteiger partial charge in [-0.25, -0.2) is 13.6 Å². The van der Waals surface area contributed by atoms with Gasteiger partial charge in [-0.2, -0.15) is 0 Å². The number of ether oxygens (including phenoxy) is 1. The molecule has 0 aliphatic heterocycles. The van der Waals surface area contributed by atoms with Crippen LogP contribution in [0.2, 0.25) is 5.02 Å². The van der Waals surface area contributed by atoms with Gasteiger partial charge in [0, 0.05) is 23.2 Å². The van der Waals surface area contributed by atoms with Gasteiger partial charge >= 0.3 is 6.09 Å². The maximum Gasteiger partial charge on any atom is 0.417 e. The Morgan fingerprint density at radius 3 is 2.48 bits per heavy atom. The summed E-state index contributed by atoms with van der Waals surface area (Å²) in [6.45, 7) is 0.736. The van der Waals surface area contributed by atoms with Gasteiger partial charge in [0.1, 0.15) is 5.75 Å². The lowest BCUT2D eigenvalue weighted by Crippen LogP contribution is -2.17. The maximum absolute atomic E-state index is 13.4. The summed E-state index contributed by atoms with van der Waals surface area (Å²) in [4.78, 5) is 11.7. The summed E-state index contributed by atoms with van der Waals surface area (Å²) in [5.41, 5.74) is -0.182. The van der Waals surface area contributed by atoms with Gasteiger partial charge in [-0.3, -0.25) is 5.32 Å². The SMILES string of the molecule is CC(F)(F)c1cc(NC(=O)Oc2ccccc2)ccc1Cl. The fourth-order valence-electron chi connectivity index (χ4n) is 1.68. The number of carbonyl (C=O) groups excluding carboxylic acids is 1. The smallest absolute Gasteiger partial charge is 0.410 e. The third kappa shape index (κ3) is 4.16. The topological polar surface area (TPSA) is 38.3 Å². The van der Waals surface area contributed by atoms with E-state index in [0.717, 1.165) is 13.0 Å². The van der Waals surface area contributed by atoms with Gasteiger partial charge in [0.2, 0.25) is 0 Å². The third-order valence-electron chi connectivity index (χ3n) is 2.64. The summed E-state index contributed by atoms with van der Waals surface area (Å²) >= 11 is 5.72. The number of benzene rings is 2. The van der Waals surface area contributed by atoms with Crippen LogP contribution in [0, 0.1) is 0 Å². The Labute approximate surface area is 125 Å². The van der Waals surface area contributed by atoms with Gasteiger partial charge < -0.3 is 4.74 Å². The maximum atomic E-state index is 13.4. The van der Waals surface area contributed by atoms with Gasteiger partial charge in [0.25, 0.3) is 5.92 Å². The minimum Gasteiger partial charge on any atom is -0.410 e. The van der Waals surface area contributed by atoms with Crippen LogP contribution in [0.4, 0.5) is 19.3 Å². The van der Waals surface area contributed by atoms with Crippen molar-refractivity contribution < 1.29 is 18.3 Å². The fraction of sp³-hybridized carbons (Fsp3) is 0.133. The Morgan fingerprint density at radius 1 is 1.19 bits per heavy atom. The van der Waals surface area contributed by atoms with Crippen LogP contribution in [0.1, 0.15) is 12.5 Å². The Bertz CT molecular complexity index is 642. The summed E-state index contributed by atoms with van der Waals surface area (Å²) in [7, 11) is 0. The quantitative estimate of drug-likeness (QED) is 0.860. The monoisotopic (exact) mass is 311 g/mol. The molecular weight excluding hydrogens is 300 g/mol. The molecule has 0 heterocycles. The molecule has 0 fully saturated rings. The zero-order chi connectivity index (χ0) is 15.5. The molecule has 0 radical (unpaired) electrons. The van der Waals surface area contributed by atoms with Crippen molar-refractivity contribution in [3.05, 3.63) is 59.1 Å². The van der Waals surface area contributed by atoms with Crippen molar-refractivity contribution in [2.75, 3.05) is 5.32 Å². The fourth-order valence-corrected chi connectivity index (χ4v) is 1.96. The van der Waals surface area contributed by atoms with Crippen LogP contribution >= 0.6 is 11.6 Å². The van der Waals surface area contributed by atoms with Crippen LogP contribution in [0.3, 0.4) is 0 Å². The summed E-state index contributed by atoms with van der Waals surface area (Å²) in [5.74, 6) is -2.75. The first-order chi connectivity index (χ1) is 9.86. The molecule has 2 aromatic rings. The number of carbonyl (C=O) groups is 1. The molecule has 0 unspecified atom stereocenters. The van der Waals surface area contributed by atoms with E-state index < -0.39 is 12.0 Å². The minimum atomic E-state index is -3.10. The van der Waals surface area contributed by atoms with Gasteiger partial charge in [-0.1, -0.05) is 29.8 Å². The molecule has 0 aromatic heterocycles.